The number of hydrogen-bond acceptors (Lipinski definition) is 15. The molecule has 30 heteroatoms. The van der Waals surface area contributed by atoms with Crippen molar-refractivity contribution in [2.45, 2.75) is 49.6 Å². The third-order valence-electron chi connectivity index (χ3n) is 13.1. The summed E-state index contributed by atoms with van der Waals surface area (Å²) >= 11 is 6.27. The van der Waals surface area contributed by atoms with Crippen molar-refractivity contribution in [2.75, 3.05) is 27.7 Å². The number of halogens is 4. The summed E-state index contributed by atoms with van der Waals surface area (Å²) in [6.45, 7) is 1.78. The van der Waals surface area contributed by atoms with E-state index in [-0.39, 0.29) is 78.8 Å². The smallest absolute Gasteiger partial charge is 0.339 e. The van der Waals surface area contributed by atoms with Gasteiger partial charge in [-0.3, -0.25) is 46.9 Å². The van der Waals surface area contributed by atoms with E-state index in [2.05, 4.69) is 41.3 Å². The average Bonchev–Trinajstić information content (AvgIpc) is 1.54. The number of hydrogen-bond donors (Lipinski definition) is 3. The summed E-state index contributed by atoms with van der Waals surface area (Å²) in [4.78, 5) is 80.5. The van der Waals surface area contributed by atoms with Crippen molar-refractivity contribution in [3.63, 3.8) is 0 Å². The Balaban J connectivity index is 0.000000177. The van der Waals surface area contributed by atoms with Crippen LogP contribution in [-0.2, 0) is 44.3 Å². The lowest BCUT2D eigenvalue weighted by molar-refractivity contribution is 0.443. The summed E-state index contributed by atoms with van der Waals surface area (Å²) in [6.07, 6.45) is 4.29. The van der Waals surface area contributed by atoms with E-state index in [4.69, 9.17) is 14.7 Å². The van der Waals surface area contributed by atoms with Crippen molar-refractivity contribution in [2.24, 2.45) is 14.1 Å². The minimum Gasteiger partial charge on any atom is -0.453 e. The lowest BCUT2D eigenvalue weighted by Crippen LogP contribution is -2.41. The van der Waals surface area contributed by atoms with Crippen LogP contribution in [0.2, 0.25) is 0 Å². The number of pyridine rings is 2. The number of rotatable bonds is 13. The molecule has 444 valence electrons. The van der Waals surface area contributed by atoms with Crippen LogP contribution in [-0.4, -0.2) is 65.2 Å². The topological polar surface area (TPSA) is 303 Å². The van der Waals surface area contributed by atoms with Gasteiger partial charge in [-0.1, -0.05) is 61.7 Å². The zero-order chi connectivity index (χ0) is 61.8. The summed E-state index contributed by atoms with van der Waals surface area (Å²) in [6, 6.07) is 27.4. The van der Waals surface area contributed by atoms with Crippen LogP contribution in [0.5, 0.6) is 17.2 Å². The third kappa shape index (κ3) is 13.4. The fourth-order valence-corrected chi connectivity index (χ4v) is 11.6. The van der Waals surface area contributed by atoms with Gasteiger partial charge in [0.25, 0.3) is 22.2 Å². The SMILES string of the molecule is Cc1ccc(S(=O)(=O)Oc2cc(=O)n(C)c3c2c(=O)n(C2CC2)c(=O)n3-c2cccc(NS(C)(=O)=O)c2)cc1.Cn1c(=O)cc(Oc2ccc(Br)cc2F)c2c(=O)n(C3CC3)c(=O)n(-c3cccc(NS(C)(=O)=O)c3)c21.Nc1ccc(Br)cc1F. The molecule has 0 amide bonds. The molecule has 9 aromatic rings. The lowest BCUT2D eigenvalue weighted by atomic mass is 10.2. The minimum absolute atomic E-state index is 0.0802. The van der Waals surface area contributed by atoms with Crippen molar-refractivity contribution >= 4 is 101 Å². The lowest BCUT2D eigenvalue weighted by Gasteiger charge is -2.19. The van der Waals surface area contributed by atoms with Crippen LogP contribution in [0.4, 0.5) is 25.8 Å². The van der Waals surface area contributed by atoms with E-state index in [0.717, 1.165) is 57.6 Å². The molecule has 0 spiro atoms. The van der Waals surface area contributed by atoms with Gasteiger partial charge in [-0.2, -0.15) is 8.42 Å². The number of ether oxygens (including phenoxy) is 1. The zero-order valence-electron chi connectivity index (χ0n) is 45.2. The Morgan fingerprint density at radius 2 is 0.988 bits per heavy atom. The van der Waals surface area contributed by atoms with Crippen LogP contribution in [0.3, 0.4) is 0 Å². The summed E-state index contributed by atoms with van der Waals surface area (Å²) in [5.41, 5.74) is 2.28. The number of sulfonamides is 2. The molecule has 0 atom stereocenters. The molecule has 4 heterocycles. The first-order valence-corrected chi connectivity index (χ1v) is 32.0. The van der Waals surface area contributed by atoms with E-state index in [1.165, 1.54) is 93.0 Å². The van der Waals surface area contributed by atoms with Gasteiger partial charge in [0.05, 0.1) is 40.9 Å². The minimum atomic E-state index is -4.46. The fourth-order valence-electron chi connectivity index (χ4n) is 8.88. The monoisotopic (exact) mass is 1350 g/mol. The number of aromatic nitrogens is 6. The Morgan fingerprint density at radius 3 is 1.41 bits per heavy atom. The molecule has 0 radical (unpaired) electrons. The molecule has 0 unspecified atom stereocenters. The van der Waals surface area contributed by atoms with E-state index in [1.807, 2.05) is 0 Å². The van der Waals surface area contributed by atoms with Crippen LogP contribution in [0.15, 0.2) is 164 Å². The Morgan fingerprint density at radius 1 is 0.553 bits per heavy atom. The number of nitrogens with two attached hydrogens (primary N) is 1. The molecule has 0 bridgehead atoms. The maximum absolute atomic E-state index is 14.6. The highest BCUT2D eigenvalue weighted by Crippen LogP contribution is 2.36. The number of anilines is 3. The predicted molar refractivity (Wildman–Crippen MR) is 323 cm³/mol. The molecule has 0 aliphatic heterocycles. The normalized spacial score (nSPS) is 13.3. The van der Waals surface area contributed by atoms with Crippen LogP contribution in [0.25, 0.3) is 33.4 Å². The largest absolute Gasteiger partial charge is 0.453 e. The molecule has 2 aliphatic rings. The number of nitrogens with zero attached hydrogens (tertiary/aromatic N) is 6. The molecule has 4 N–H and O–H groups in total. The predicted octanol–water partition coefficient (Wildman–Crippen LogP) is 7.06. The van der Waals surface area contributed by atoms with Crippen molar-refractivity contribution < 1.29 is 43.0 Å². The van der Waals surface area contributed by atoms with Gasteiger partial charge >= 0.3 is 21.5 Å². The van der Waals surface area contributed by atoms with Gasteiger partial charge in [0, 0.05) is 47.3 Å². The zero-order valence-corrected chi connectivity index (χ0v) is 50.9. The molecule has 2 saturated carbocycles. The van der Waals surface area contributed by atoms with Crippen LogP contribution >= 0.6 is 31.9 Å². The van der Waals surface area contributed by atoms with E-state index in [0.29, 0.717) is 34.6 Å². The number of nitrogens with one attached hydrogen (secondary N) is 2. The molecule has 23 nitrogen and oxygen atoms in total. The van der Waals surface area contributed by atoms with Crippen LogP contribution in [0, 0.1) is 18.6 Å². The average molecular weight is 1350 g/mol. The van der Waals surface area contributed by atoms with Crippen LogP contribution in [0.1, 0.15) is 43.3 Å². The van der Waals surface area contributed by atoms with Crippen molar-refractivity contribution in [1.82, 2.24) is 27.4 Å². The molecule has 85 heavy (non-hydrogen) atoms. The van der Waals surface area contributed by atoms with Gasteiger partial charge in [0.15, 0.2) is 17.3 Å². The Hall–Kier alpha value is -8.45. The molecule has 4 aromatic heterocycles. The van der Waals surface area contributed by atoms with Gasteiger partial charge < -0.3 is 14.7 Å². The number of nitrogen functional groups attached to an aromatic ring is 1. The van der Waals surface area contributed by atoms with Crippen molar-refractivity contribution in [1.29, 1.82) is 0 Å². The quantitative estimate of drug-likeness (QED) is 0.0769. The second kappa shape index (κ2) is 23.5. The summed E-state index contributed by atoms with van der Waals surface area (Å²) in [5.74, 6) is -2.06. The standard InChI is InChI=1S/C25H24N4O8S2.C24H20BrFN4O6S.C6H5BrFN/c1-15-7-11-19(12-8-15)39(35,36)37-20-14-21(30)27(2)23-22(20)24(31)29(17-9-10-17)25(32)28(23)18-6-4-5-16(13-18)26-38(3,33)34;1-28-20(31)12-19(36-18-9-6-13(25)10-17(18)26)21-22(28)29(24(33)30(23(21)32)15-7-8-15)16-5-3-4-14(11-16)27-37(2,34)35;7-4-1-2-6(9)5(8)3-4/h4-8,11-14,17,26H,9-10H2,1-3H3;3-6,9-12,15,27H,7-8H2,1-2H3;1-3H,9H2. The summed E-state index contributed by atoms with van der Waals surface area (Å²) in [7, 11) is -9.01. The first-order valence-electron chi connectivity index (χ1n) is 25.2. The Bertz CT molecular complexity index is 4970. The number of benzene rings is 5. The molecule has 11 rings (SSSR count). The molecular weight excluding hydrogens is 1300 g/mol. The maximum atomic E-state index is 14.6. The molecular formula is C55H49Br2F2N9O14S3. The maximum Gasteiger partial charge on any atom is 0.339 e. The van der Waals surface area contributed by atoms with Gasteiger partial charge in [-0.05, 0) is 118 Å². The molecule has 5 aromatic carbocycles. The second-order valence-electron chi connectivity index (χ2n) is 19.8. The Labute approximate surface area is 498 Å². The highest BCUT2D eigenvalue weighted by atomic mass is 79.9. The van der Waals surface area contributed by atoms with Gasteiger partial charge in [0.2, 0.25) is 20.0 Å². The summed E-state index contributed by atoms with van der Waals surface area (Å²) in [5, 5.41) is -0.391. The van der Waals surface area contributed by atoms with E-state index >= 15 is 0 Å². The highest BCUT2D eigenvalue weighted by Gasteiger charge is 2.34. The number of aryl methyl sites for hydroxylation is 3. The Kier molecular flexibility index (Phi) is 16.9. The van der Waals surface area contributed by atoms with Crippen LogP contribution < -0.4 is 57.7 Å². The van der Waals surface area contributed by atoms with Gasteiger partial charge in [-0.25, -0.2) is 44.3 Å². The fraction of sp³-hybridized carbons (Fsp3) is 0.200. The second-order valence-corrected chi connectivity index (χ2v) is 26.7. The first kappa shape index (κ1) is 61.1. The van der Waals surface area contributed by atoms with Crippen molar-refractivity contribution in [3.05, 3.63) is 210 Å². The highest BCUT2D eigenvalue weighted by molar-refractivity contribution is 9.10. The van der Waals surface area contributed by atoms with E-state index in [9.17, 15) is 62.8 Å². The van der Waals surface area contributed by atoms with Crippen molar-refractivity contribution in [3.8, 4) is 28.6 Å². The molecule has 2 aliphatic carbocycles. The van der Waals surface area contributed by atoms with E-state index < -0.39 is 81.4 Å². The van der Waals surface area contributed by atoms with E-state index in [1.54, 1.807) is 37.3 Å². The molecule has 0 saturated heterocycles. The first-order chi connectivity index (χ1) is 39.9. The van der Waals surface area contributed by atoms with Gasteiger partial charge in [-0.15, -0.1) is 0 Å². The molecule has 2 fully saturated rings. The third-order valence-corrected chi connectivity index (χ3v) is 16.5. The summed E-state index contributed by atoms with van der Waals surface area (Å²) < 4.78 is 124. The van der Waals surface area contributed by atoms with Gasteiger partial charge in [0.1, 0.15) is 38.5 Å². The number of fused-ring (bicyclic) bond motifs is 2.